The van der Waals surface area contributed by atoms with Crippen LogP contribution in [0.3, 0.4) is 0 Å². The summed E-state index contributed by atoms with van der Waals surface area (Å²) < 4.78 is 0. The predicted octanol–water partition coefficient (Wildman–Crippen LogP) is 1.94. The Hall–Kier alpha value is -1.36. The molecule has 2 amide bonds. The van der Waals surface area contributed by atoms with Gasteiger partial charge in [-0.25, -0.2) is 0 Å². The Morgan fingerprint density at radius 3 is 2.59 bits per heavy atom. The zero-order valence-corrected chi connectivity index (χ0v) is 10.9. The van der Waals surface area contributed by atoms with Crippen molar-refractivity contribution in [2.75, 3.05) is 12.4 Å². The van der Waals surface area contributed by atoms with Gasteiger partial charge in [0.1, 0.15) is 5.00 Å². The van der Waals surface area contributed by atoms with E-state index in [1.165, 1.54) is 18.2 Å². The minimum absolute atomic E-state index is 0.104. The van der Waals surface area contributed by atoms with E-state index in [4.69, 9.17) is 0 Å². The topological polar surface area (TPSA) is 58.2 Å². The van der Waals surface area contributed by atoms with E-state index in [1.807, 2.05) is 0 Å². The van der Waals surface area contributed by atoms with Gasteiger partial charge in [0.15, 0.2) is 0 Å². The molecule has 92 valence electrons. The van der Waals surface area contributed by atoms with E-state index in [0.29, 0.717) is 10.6 Å². The molecule has 4 nitrogen and oxygen atoms in total. The average Bonchev–Trinajstić information content (AvgIpc) is 2.65. The van der Waals surface area contributed by atoms with Crippen LogP contribution in [-0.2, 0) is 17.6 Å². The van der Waals surface area contributed by atoms with Crippen molar-refractivity contribution in [2.45, 2.75) is 32.6 Å². The first-order chi connectivity index (χ1) is 8.13. The van der Waals surface area contributed by atoms with Crippen LogP contribution in [-0.4, -0.2) is 18.9 Å². The monoisotopic (exact) mass is 252 g/mol. The van der Waals surface area contributed by atoms with Gasteiger partial charge in [-0.2, -0.15) is 0 Å². The highest BCUT2D eigenvalue weighted by atomic mass is 32.1. The third-order valence-corrected chi connectivity index (χ3v) is 4.12. The van der Waals surface area contributed by atoms with E-state index in [1.54, 1.807) is 18.4 Å². The van der Waals surface area contributed by atoms with Crippen LogP contribution in [0.4, 0.5) is 5.00 Å². The summed E-state index contributed by atoms with van der Waals surface area (Å²) in [5.74, 6) is -0.234. The van der Waals surface area contributed by atoms with Gasteiger partial charge < -0.3 is 10.6 Å². The zero-order valence-electron chi connectivity index (χ0n) is 10.1. The van der Waals surface area contributed by atoms with E-state index >= 15 is 0 Å². The molecule has 2 rings (SSSR count). The number of fused-ring (bicyclic) bond motifs is 1. The van der Waals surface area contributed by atoms with Crippen molar-refractivity contribution in [3.05, 3.63) is 16.0 Å². The molecule has 1 aliphatic carbocycles. The summed E-state index contributed by atoms with van der Waals surface area (Å²) in [5, 5.41) is 6.11. The van der Waals surface area contributed by atoms with Crippen molar-refractivity contribution >= 4 is 28.2 Å². The lowest BCUT2D eigenvalue weighted by molar-refractivity contribution is -0.114. The fraction of sp³-hybridized carbons (Fsp3) is 0.500. The molecule has 0 saturated heterocycles. The summed E-state index contributed by atoms with van der Waals surface area (Å²) in [6.45, 7) is 1.46. The van der Waals surface area contributed by atoms with Crippen LogP contribution in [0.25, 0.3) is 0 Å². The molecule has 0 bridgehead atoms. The lowest BCUT2D eigenvalue weighted by Crippen LogP contribution is -2.21. The lowest BCUT2D eigenvalue weighted by Gasteiger charge is -2.12. The minimum Gasteiger partial charge on any atom is -0.355 e. The molecule has 0 saturated carbocycles. The molecular formula is C12H16N2O2S. The number of rotatable bonds is 2. The van der Waals surface area contributed by atoms with Gasteiger partial charge in [0.25, 0.3) is 5.91 Å². The molecule has 0 unspecified atom stereocenters. The smallest absolute Gasteiger partial charge is 0.254 e. The van der Waals surface area contributed by atoms with E-state index in [9.17, 15) is 9.59 Å². The number of anilines is 1. The highest BCUT2D eigenvalue weighted by Gasteiger charge is 2.25. The summed E-state index contributed by atoms with van der Waals surface area (Å²) >= 11 is 1.54. The fourth-order valence-corrected chi connectivity index (χ4v) is 3.51. The Labute approximate surface area is 104 Å². The number of aryl methyl sites for hydroxylation is 1. The normalized spacial score (nSPS) is 14.0. The average molecular weight is 252 g/mol. The molecule has 17 heavy (non-hydrogen) atoms. The van der Waals surface area contributed by atoms with E-state index in [2.05, 4.69) is 10.6 Å². The van der Waals surface area contributed by atoms with Crippen LogP contribution in [0.1, 0.15) is 40.6 Å². The molecule has 1 aromatic heterocycles. The van der Waals surface area contributed by atoms with Gasteiger partial charge in [-0.05, 0) is 31.2 Å². The first kappa shape index (κ1) is 12.1. The van der Waals surface area contributed by atoms with E-state index in [0.717, 1.165) is 24.8 Å². The SMILES string of the molecule is CNC(=O)c1c(NC(C)=O)sc2c1CCCC2. The Balaban J connectivity index is 2.46. The van der Waals surface area contributed by atoms with Gasteiger partial charge in [-0.15, -0.1) is 11.3 Å². The number of hydrogen-bond acceptors (Lipinski definition) is 3. The Morgan fingerprint density at radius 2 is 1.94 bits per heavy atom. The molecule has 5 heteroatoms. The largest absolute Gasteiger partial charge is 0.355 e. The summed E-state index contributed by atoms with van der Waals surface area (Å²) in [6.07, 6.45) is 4.24. The molecular weight excluding hydrogens is 236 g/mol. The van der Waals surface area contributed by atoms with Crippen molar-refractivity contribution in [3.8, 4) is 0 Å². The summed E-state index contributed by atoms with van der Waals surface area (Å²) in [5.41, 5.74) is 1.80. The van der Waals surface area contributed by atoms with Crippen LogP contribution in [0.2, 0.25) is 0 Å². The quantitative estimate of drug-likeness (QED) is 0.845. The third-order valence-electron chi connectivity index (χ3n) is 2.91. The van der Waals surface area contributed by atoms with Crippen molar-refractivity contribution in [2.24, 2.45) is 0 Å². The molecule has 1 aliphatic rings. The van der Waals surface area contributed by atoms with Crippen LogP contribution < -0.4 is 10.6 Å². The van der Waals surface area contributed by atoms with Gasteiger partial charge in [0.05, 0.1) is 5.56 Å². The summed E-state index contributed by atoms with van der Waals surface area (Å²) in [6, 6.07) is 0. The Morgan fingerprint density at radius 1 is 1.24 bits per heavy atom. The molecule has 1 heterocycles. The standard InChI is InChI=1S/C12H16N2O2S/c1-7(15)14-12-10(11(16)13-2)8-5-3-4-6-9(8)17-12/h3-6H2,1-2H3,(H,13,16)(H,14,15). The van der Waals surface area contributed by atoms with Gasteiger partial charge in [0.2, 0.25) is 5.91 Å². The number of amides is 2. The predicted molar refractivity (Wildman–Crippen MR) is 68.7 cm³/mol. The molecule has 0 atom stereocenters. The number of hydrogen-bond donors (Lipinski definition) is 2. The van der Waals surface area contributed by atoms with E-state index < -0.39 is 0 Å². The minimum atomic E-state index is -0.131. The van der Waals surface area contributed by atoms with Crippen LogP contribution in [0.15, 0.2) is 0 Å². The van der Waals surface area contributed by atoms with Gasteiger partial charge in [-0.1, -0.05) is 0 Å². The zero-order chi connectivity index (χ0) is 12.4. The number of carbonyl (C=O) groups excluding carboxylic acids is 2. The molecule has 0 spiro atoms. The summed E-state index contributed by atoms with van der Waals surface area (Å²) in [4.78, 5) is 24.3. The van der Waals surface area contributed by atoms with Gasteiger partial charge in [0, 0.05) is 18.8 Å². The number of nitrogens with one attached hydrogen (secondary N) is 2. The van der Waals surface area contributed by atoms with E-state index in [-0.39, 0.29) is 11.8 Å². The van der Waals surface area contributed by atoms with Crippen molar-refractivity contribution in [1.82, 2.24) is 5.32 Å². The van der Waals surface area contributed by atoms with Crippen molar-refractivity contribution in [1.29, 1.82) is 0 Å². The third kappa shape index (κ3) is 2.34. The van der Waals surface area contributed by atoms with Crippen LogP contribution in [0.5, 0.6) is 0 Å². The molecule has 0 radical (unpaired) electrons. The lowest BCUT2D eigenvalue weighted by atomic mass is 9.95. The first-order valence-corrected chi connectivity index (χ1v) is 6.59. The second kappa shape index (κ2) is 4.87. The maximum Gasteiger partial charge on any atom is 0.254 e. The Bertz CT molecular complexity index is 465. The maximum absolute atomic E-state index is 11.9. The van der Waals surface area contributed by atoms with Crippen molar-refractivity contribution in [3.63, 3.8) is 0 Å². The fourth-order valence-electron chi connectivity index (χ4n) is 2.18. The summed E-state index contributed by atoms with van der Waals surface area (Å²) in [7, 11) is 1.62. The highest BCUT2D eigenvalue weighted by molar-refractivity contribution is 7.17. The first-order valence-electron chi connectivity index (χ1n) is 5.77. The molecule has 0 aromatic carbocycles. The van der Waals surface area contributed by atoms with Crippen LogP contribution in [0, 0.1) is 0 Å². The molecule has 0 aliphatic heterocycles. The number of thiophene rings is 1. The highest BCUT2D eigenvalue weighted by Crippen LogP contribution is 2.37. The second-order valence-electron chi connectivity index (χ2n) is 4.18. The number of carbonyl (C=O) groups is 2. The maximum atomic E-state index is 11.9. The van der Waals surface area contributed by atoms with Crippen molar-refractivity contribution < 1.29 is 9.59 Å². The van der Waals surface area contributed by atoms with Crippen LogP contribution >= 0.6 is 11.3 Å². The van der Waals surface area contributed by atoms with Gasteiger partial charge >= 0.3 is 0 Å². The second-order valence-corrected chi connectivity index (χ2v) is 5.28. The van der Waals surface area contributed by atoms with Gasteiger partial charge in [-0.3, -0.25) is 9.59 Å². The molecule has 2 N–H and O–H groups in total. The molecule has 1 aromatic rings. The molecule has 0 fully saturated rings. The Kier molecular flexibility index (Phi) is 3.47.